The fraction of sp³-hybridized carbons (Fsp3) is 0.294. The molecule has 0 aliphatic carbocycles. The minimum Gasteiger partial charge on any atom is -0.465 e. The Morgan fingerprint density at radius 1 is 1.29 bits per heavy atom. The number of nitrogens with one attached hydrogen (secondary N) is 1. The molecule has 0 aliphatic rings. The molecule has 7 heteroatoms. The van der Waals surface area contributed by atoms with Gasteiger partial charge in [-0.25, -0.2) is 9.78 Å². The molecule has 0 spiro atoms. The second kappa shape index (κ2) is 6.27. The van der Waals surface area contributed by atoms with Crippen molar-refractivity contribution in [3.8, 4) is 22.6 Å². The number of hydrogen-bond donors (Lipinski definition) is 1. The molecule has 0 saturated carbocycles. The van der Waals surface area contributed by atoms with Crippen LogP contribution < -0.4 is 0 Å². The maximum absolute atomic E-state index is 12.1. The van der Waals surface area contributed by atoms with Crippen molar-refractivity contribution in [2.24, 2.45) is 0 Å². The van der Waals surface area contributed by atoms with Gasteiger partial charge in [0.15, 0.2) is 5.82 Å². The molecular weight excluding hydrogens is 306 g/mol. The lowest BCUT2D eigenvalue weighted by Crippen LogP contribution is -2.05. The summed E-state index contributed by atoms with van der Waals surface area (Å²) in [5, 5.41) is 11.6. The monoisotopic (exact) mass is 325 g/mol. The van der Waals surface area contributed by atoms with Gasteiger partial charge < -0.3 is 4.74 Å². The fourth-order valence-electron chi connectivity index (χ4n) is 2.42. The van der Waals surface area contributed by atoms with E-state index in [0.717, 1.165) is 11.4 Å². The number of H-pyrrole nitrogens is 1. The Labute approximate surface area is 139 Å². The van der Waals surface area contributed by atoms with Crippen LogP contribution in [-0.4, -0.2) is 38.0 Å². The third-order valence-electron chi connectivity index (χ3n) is 3.69. The van der Waals surface area contributed by atoms with Crippen LogP contribution in [0.3, 0.4) is 0 Å². The summed E-state index contributed by atoms with van der Waals surface area (Å²) in [7, 11) is 1.37. The fourth-order valence-corrected chi connectivity index (χ4v) is 2.42. The van der Waals surface area contributed by atoms with Crippen LogP contribution in [-0.2, 0) is 4.74 Å². The quantitative estimate of drug-likeness (QED) is 0.745. The summed E-state index contributed by atoms with van der Waals surface area (Å²) in [6.07, 6.45) is 1.89. The van der Waals surface area contributed by atoms with Crippen molar-refractivity contribution >= 4 is 5.97 Å². The highest BCUT2D eigenvalue weighted by molar-refractivity contribution is 5.97. The Hall–Kier alpha value is -2.96. The Morgan fingerprint density at radius 3 is 2.67 bits per heavy atom. The molecular formula is C17H19N5O2. The van der Waals surface area contributed by atoms with Gasteiger partial charge in [0.2, 0.25) is 0 Å². The molecule has 3 rings (SSSR count). The molecule has 0 bridgehead atoms. The molecule has 1 N–H and O–H groups in total. The molecule has 124 valence electrons. The molecule has 2 aromatic heterocycles. The van der Waals surface area contributed by atoms with Crippen molar-refractivity contribution in [2.75, 3.05) is 7.11 Å². The molecule has 1 aromatic carbocycles. The zero-order valence-electron chi connectivity index (χ0n) is 14.1. The lowest BCUT2D eigenvalue weighted by Gasteiger charge is -2.08. The van der Waals surface area contributed by atoms with Crippen LogP contribution in [0.4, 0.5) is 0 Å². The van der Waals surface area contributed by atoms with Crippen molar-refractivity contribution in [1.29, 1.82) is 0 Å². The number of methoxy groups -OCH3 is 1. The molecule has 0 radical (unpaired) electrons. The zero-order chi connectivity index (χ0) is 17.3. The number of aryl methyl sites for hydroxylation is 1. The van der Waals surface area contributed by atoms with Crippen molar-refractivity contribution in [3.63, 3.8) is 0 Å². The normalized spacial score (nSPS) is 11.0. The summed E-state index contributed by atoms with van der Waals surface area (Å²) in [4.78, 5) is 16.4. The van der Waals surface area contributed by atoms with E-state index in [1.807, 2.05) is 43.8 Å². The first-order valence-corrected chi connectivity index (χ1v) is 7.67. The maximum Gasteiger partial charge on any atom is 0.338 e. The first-order valence-electron chi connectivity index (χ1n) is 7.67. The summed E-state index contributed by atoms with van der Waals surface area (Å²) >= 11 is 0. The average Bonchev–Trinajstić information content (AvgIpc) is 3.22. The molecule has 3 aromatic rings. The number of hydrogen-bond acceptors (Lipinski definition) is 5. The Kier molecular flexibility index (Phi) is 4.16. The number of carbonyl (C=O) groups excluding carboxylic acids is 1. The number of esters is 1. The topological polar surface area (TPSA) is 85.7 Å². The van der Waals surface area contributed by atoms with Gasteiger partial charge in [0, 0.05) is 23.4 Å². The third-order valence-corrected chi connectivity index (χ3v) is 3.69. The average molecular weight is 325 g/mol. The number of rotatable bonds is 4. The van der Waals surface area contributed by atoms with Crippen molar-refractivity contribution in [3.05, 3.63) is 41.9 Å². The largest absolute Gasteiger partial charge is 0.465 e. The van der Waals surface area contributed by atoms with Gasteiger partial charge in [-0.2, -0.15) is 10.2 Å². The minimum absolute atomic E-state index is 0.235. The van der Waals surface area contributed by atoms with Crippen LogP contribution in [0.1, 0.15) is 36.1 Å². The lowest BCUT2D eigenvalue weighted by atomic mass is 10.0. The van der Waals surface area contributed by atoms with Crippen LogP contribution in [0.5, 0.6) is 0 Å². The summed E-state index contributed by atoms with van der Waals surface area (Å²) in [6, 6.07) is 7.50. The molecule has 2 heterocycles. The van der Waals surface area contributed by atoms with Gasteiger partial charge in [0.05, 0.1) is 18.4 Å². The van der Waals surface area contributed by atoms with Gasteiger partial charge in [0.1, 0.15) is 5.82 Å². The predicted molar refractivity (Wildman–Crippen MR) is 89.5 cm³/mol. The predicted octanol–water partition coefficient (Wildman–Crippen LogP) is 3.01. The van der Waals surface area contributed by atoms with E-state index >= 15 is 0 Å². The Morgan fingerprint density at radius 2 is 2.08 bits per heavy atom. The summed E-state index contributed by atoms with van der Waals surface area (Å²) in [5.74, 6) is 0.906. The van der Waals surface area contributed by atoms with Crippen LogP contribution in [0, 0.1) is 6.92 Å². The van der Waals surface area contributed by atoms with E-state index in [2.05, 4.69) is 20.3 Å². The third kappa shape index (κ3) is 2.92. The smallest absolute Gasteiger partial charge is 0.338 e. The van der Waals surface area contributed by atoms with Crippen LogP contribution in [0.15, 0.2) is 30.5 Å². The van der Waals surface area contributed by atoms with Crippen LogP contribution >= 0.6 is 0 Å². The van der Waals surface area contributed by atoms with E-state index in [1.54, 1.807) is 12.1 Å². The minimum atomic E-state index is -0.401. The molecule has 0 aliphatic heterocycles. The van der Waals surface area contributed by atoms with E-state index in [0.29, 0.717) is 22.6 Å². The molecule has 0 saturated heterocycles. The molecule has 7 nitrogen and oxygen atoms in total. The Bertz CT molecular complexity index is 879. The second-order valence-electron chi connectivity index (χ2n) is 5.77. The Balaban J connectivity index is 2.13. The second-order valence-corrected chi connectivity index (χ2v) is 5.77. The number of aromatic nitrogens is 5. The van der Waals surface area contributed by atoms with Crippen molar-refractivity contribution < 1.29 is 9.53 Å². The number of ether oxygens (including phenoxy) is 1. The van der Waals surface area contributed by atoms with E-state index in [4.69, 9.17) is 4.74 Å². The lowest BCUT2D eigenvalue weighted by molar-refractivity contribution is 0.0601. The summed E-state index contributed by atoms with van der Waals surface area (Å²) < 4.78 is 6.74. The van der Waals surface area contributed by atoms with E-state index in [9.17, 15) is 4.79 Å². The number of nitrogens with zero attached hydrogens (tertiary/aromatic N) is 4. The molecule has 24 heavy (non-hydrogen) atoms. The highest BCUT2D eigenvalue weighted by atomic mass is 16.5. The molecule has 0 unspecified atom stereocenters. The molecule has 0 atom stereocenters. The van der Waals surface area contributed by atoms with Crippen molar-refractivity contribution in [1.82, 2.24) is 25.0 Å². The number of benzene rings is 1. The first-order chi connectivity index (χ1) is 11.5. The summed E-state index contributed by atoms with van der Waals surface area (Å²) in [6.45, 7) is 5.93. The van der Waals surface area contributed by atoms with Gasteiger partial charge in [-0.1, -0.05) is 6.07 Å². The van der Waals surface area contributed by atoms with E-state index in [1.165, 1.54) is 7.11 Å². The van der Waals surface area contributed by atoms with Gasteiger partial charge in [-0.3, -0.25) is 9.78 Å². The maximum atomic E-state index is 12.1. The summed E-state index contributed by atoms with van der Waals surface area (Å²) in [5.41, 5.74) is 2.67. The molecule has 0 amide bonds. The first kappa shape index (κ1) is 15.9. The highest BCUT2D eigenvalue weighted by Gasteiger charge is 2.18. The molecule has 0 fully saturated rings. The van der Waals surface area contributed by atoms with Gasteiger partial charge in [0.25, 0.3) is 0 Å². The highest BCUT2D eigenvalue weighted by Crippen LogP contribution is 2.28. The van der Waals surface area contributed by atoms with Gasteiger partial charge in [-0.05, 0) is 39.0 Å². The standard InChI is InChI=1S/C17H19N5O2/c1-10(2)22-8-7-15(21-22)14-9-12(16-18-11(3)19-20-16)5-6-13(14)17(23)24-4/h5-10H,1-4H3,(H,18,19,20). The number of carbonyl (C=O) groups is 1. The van der Waals surface area contributed by atoms with Crippen LogP contribution in [0.25, 0.3) is 22.6 Å². The van der Waals surface area contributed by atoms with Gasteiger partial charge in [-0.15, -0.1) is 0 Å². The van der Waals surface area contributed by atoms with Crippen molar-refractivity contribution in [2.45, 2.75) is 26.8 Å². The zero-order valence-corrected chi connectivity index (χ0v) is 14.1. The number of aromatic amines is 1. The van der Waals surface area contributed by atoms with Crippen LogP contribution in [0.2, 0.25) is 0 Å². The SMILES string of the molecule is COC(=O)c1ccc(-c2n[nH]c(C)n2)cc1-c1ccn(C(C)C)n1. The van der Waals surface area contributed by atoms with E-state index in [-0.39, 0.29) is 6.04 Å². The van der Waals surface area contributed by atoms with Gasteiger partial charge >= 0.3 is 5.97 Å². The van der Waals surface area contributed by atoms with E-state index < -0.39 is 5.97 Å².